The first-order chi connectivity index (χ1) is 12.6. The summed E-state index contributed by atoms with van der Waals surface area (Å²) in [5, 5.41) is 6.86. The molecule has 0 unspecified atom stereocenters. The van der Waals surface area contributed by atoms with Crippen LogP contribution in [0.2, 0.25) is 0 Å². The van der Waals surface area contributed by atoms with E-state index in [1.807, 2.05) is 62.4 Å². The van der Waals surface area contributed by atoms with E-state index >= 15 is 0 Å². The lowest BCUT2D eigenvalue weighted by molar-refractivity contribution is 0.0954. The molecule has 2 aromatic carbocycles. The quantitative estimate of drug-likeness (QED) is 0.676. The number of nitrogens with one attached hydrogen (secondary N) is 2. The Labute approximate surface area is 157 Å². The molecule has 0 bridgehead atoms. The SMILES string of the molecule is COc1ccccc1Nc1nc(C)c(C(=O)NCc2ccccc2C)s1. The van der Waals surface area contributed by atoms with E-state index in [1.54, 1.807) is 7.11 Å². The van der Waals surface area contributed by atoms with Gasteiger partial charge in [-0.3, -0.25) is 4.79 Å². The van der Waals surface area contributed by atoms with Crippen molar-refractivity contribution in [3.63, 3.8) is 0 Å². The molecule has 0 aliphatic heterocycles. The number of benzene rings is 2. The molecule has 0 aliphatic carbocycles. The van der Waals surface area contributed by atoms with E-state index in [1.165, 1.54) is 11.3 Å². The average Bonchev–Trinajstić information content (AvgIpc) is 3.01. The molecule has 0 spiro atoms. The summed E-state index contributed by atoms with van der Waals surface area (Å²) in [6.07, 6.45) is 0. The number of methoxy groups -OCH3 is 1. The van der Waals surface area contributed by atoms with Gasteiger partial charge in [0.1, 0.15) is 10.6 Å². The van der Waals surface area contributed by atoms with Crippen molar-refractivity contribution in [3.05, 3.63) is 70.2 Å². The van der Waals surface area contributed by atoms with Gasteiger partial charge in [-0.05, 0) is 37.1 Å². The van der Waals surface area contributed by atoms with Crippen molar-refractivity contribution in [2.24, 2.45) is 0 Å². The van der Waals surface area contributed by atoms with Crippen LogP contribution < -0.4 is 15.4 Å². The molecule has 0 saturated heterocycles. The van der Waals surface area contributed by atoms with Gasteiger partial charge in [0.05, 0.1) is 18.5 Å². The number of nitrogens with zero attached hydrogens (tertiary/aromatic N) is 1. The molecule has 3 aromatic rings. The highest BCUT2D eigenvalue weighted by molar-refractivity contribution is 7.17. The maximum atomic E-state index is 12.5. The Morgan fingerprint density at radius 1 is 1.12 bits per heavy atom. The van der Waals surface area contributed by atoms with Crippen LogP contribution in [-0.4, -0.2) is 18.0 Å². The largest absolute Gasteiger partial charge is 0.495 e. The number of hydrogen-bond donors (Lipinski definition) is 2. The summed E-state index contributed by atoms with van der Waals surface area (Å²) < 4.78 is 5.34. The van der Waals surface area contributed by atoms with Crippen LogP contribution in [0.25, 0.3) is 0 Å². The molecule has 2 N–H and O–H groups in total. The number of rotatable bonds is 6. The summed E-state index contributed by atoms with van der Waals surface area (Å²) in [5.74, 6) is 0.613. The number of anilines is 2. The Bertz CT molecular complexity index is 921. The molecule has 0 radical (unpaired) electrons. The second-order valence-corrected chi connectivity index (χ2v) is 6.87. The van der Waals surface area contributed by atoms with Gasteiger partial charge in [-0.1, -0.05) is 47.7 Å². The van der Waals surface area contributed by atoms with Gasteiger partial charge in [0.15, 0.2) is 5.13 Å². The van der Waals surface area contributed by atoms with E-state index in [4.69, 9.17) is 4.74 Å². The fraction of sp³-hybridized carbons (Fsp3) is 0.200. The summed E-state index contributed by atoms with van der Waals surface area (Å²) in [6.45, 7) is 4.37. The Hall–Kier alpha value is -2.86. The summed E-state index contributed by atoms with van der Waals surface area (Å²) in [4.78, 5) is 17.6. The highest BCUT2D eigenvalue weighted by atomic mass is 32.1. The topological polar surface area (TPSA) is 63.2 Å². The van der Waals surface area contributed by atoms with Gasteiger partial charge in [-0.15, -0.1) is 0 Å². The monoisotopic (exact) mass is 367 g/mol. The van der Waals surface area contributed by atoms with Gasteiger partial charge in [-0.2, -0.15) is 0 Å². The molecule has 0 fully saturated rings. The van der Waals surface area contributed by atoms with Crippen LogP contribution >= 0.6 is 11.3 Å². The highest BCUT2D eigenvalue weighted by Crippen LogP contribution is 2.30. The third-order valence-electron chi connectivity index (χ3n) is 4.05. The maximum absolute atomic E-state index is 12.5. The summed E-state index contributed by atoms with van der Waals surface area (Å²) in [6, 6.07) is 15.6. The molecule has 0 atom stereocenters. The number of amides is 1. The number of aryl methyl sites for hydroxylation is 2. The number of carbonyl (C=O) groups excluding carboxylic acids is 1. The van der Waals surface area contributed by atoms with Crippen molar-refractivity contribution in [3.8, 4) is 5.75 Å². The third kappa shape index (κ3) is 4.03. The van der Waals surface area contributed by atoms with Gasteiger partial charge in [0.2, 0.25) is 0 Å². The molecular weight excluding hydrogens is 346 g/mol. The summed E-state index contributed by atoms with van der Waals surface area (Å²) in [7, 11) is 1.62. The molecule has 6 heteroatoms. The van der Waals surface area contributed by atoms with Crippen LogP contribution in [-0.2, 0) is 6.54 Å². The number of carbonyl (C=O) groups is 1. The van der Waals surface area contributed by atoms with Crippen molar-refractivity contribution in [2.75, 3.05) is 12.4 Å². The number of ether oxygens (including phenoxy) is 1. The van der Waals surface area contributed by atoms with E-state index in [0.717, 1.165) is 22.6 Å². The van der Waals surface area contributed by atoms with Crippen LogP contribution in [0.4, 0.5) is 10.8 Å². The molecule has 1 amide bonds. The van der Waals surface area contributed by atoms with Crippen molar-refractivity contribution < 1.29 is 9.53 Å². The third-order valence-corrected chi connectivity index (χ3v) is 5.12. The Morgan fingerprint density at radius 2 is 1.85 bits per heavy atom. The molecular formula is C20H21N3O2S. The van der Waals surface area contributed by atoms with E-state index < -0.39 is 0 Å². The van der Waals surface area contributed by atoms with Gasteiger partial charge in [0, 0.05) is 6.54 Å². The van der Waals surface area contributed by atoms with Gasteiger partial charge in [0.25, 0.3) is 5.91 Å². The minimum absolute atomic E-state index is 0.115. The average molecular weight is 367 g/mol. The summed E-state index contributed by atoms with van der Waals surface area (Å²) >= 11 is 1.33. The lowest BCUT2D eigenvalue weighted by atomic mass is 10.1. The van der Waals surface area contributed by atoms with Crippen molar-refractivity contribution in [1.82, 2.24) is 10.3 Å². The van der Waals surface area contributed by atoms with Crippen LogP contribution in [0.15, 0.2) is 48.5 Å². The first-order valence-electron chi connectivity index (χ1n) is 8.28. The lowest BCUT2D eigenvalue weighted by Crippen LogP contribution is -2.22. The van der Waals surface area contributed by atoms with E-state index in [-0.39, 0.29) is 5.91 Å². The lowest BCUT2D eigenvalue weighted by Gasteiger charge is -2.08. The molecule has 1 heterocycles. The standard InChI is InChI=1S/C20H21N3O2S/c1-13-8-4-5-9-15(13)12-21-19(24)18-14(2)22-20(26-18)23-16-10-6-7-11-17(16)25-3/h4-11H,12H2,1-3H3,(H,21,24)(H,22,23). The number of aromatic nitrogens is 1. The predicted octanol–water partition coefficient (Wildman–Crippen LogP) is 4.44. The highest BCUT2D eigenvalue weighted by Gasteiger charge is 2.16. The van der Waals surface area contributed by atoms with E-state index in [0.29, 0.717) is 22.2 Å². The van der Waals surface area contributed by atoms with Crippen LogP contribution in [0.1, 0.15) is 26.5 Å². The predicted molar refractivity (Wildman–Crippen MR) is 105 cm³/mol. The second-order valence-electron chi connectivity index (χ2n) is 5.87. The molecule has 3 rings (SSSR count). The molecule has 1 aromatic heterocycles. The van der Waals surface area contributed by atoms with Crippen LogP contribution in [0.5, 0.6) is 5.75 Å². The normalized spacial score (nSPS) is 10.4. The fourth-order valence-electron chi connectivity index (χ4n) is 2.59. The van der Waals surface area contributed by atoms with Crippen molar-refractivity contribution in [2.45, 2.75) is 20.4 Å². The zero-order valence-electron chi connectivity index (χ0n) is 15.0. The zero-order chi connectivity index (χ0) is 18.5. The van der Waals surface area contributed by atoms with Gasteiger partial charge < -0.3 is 15.4 Å². The maximum Gasteiger partial charge on any atom is 0.263 e. The number of hydrogen-bond acceptors (Lipinski definition) is 5. The van der Waals surface area contributed by atoms with Crippen LogP contribution in [0.3, 0.4) is 0 Å². The Kier molecular flexibility index (Phi) is 5.53. The molecule has 0 saturated carbocycles. The minimum Gasteiger partial charge on any atom is -0.495 e. The number of thiazole rings is 1. The Morgan fingerprint density at radius 3 is 2.62 bits per heavy atom. The smallest absolute Gasteiger partial charge is 0.263 e. The summed E-state index contributed by atoms with van der Waals surface area (Å²) in [5.41, 5.74) is 3.79. The van der Waals surface area contributed by atoms with E-state index in [9.17, 15) is 4.79 Å². The van der Waals surface area contributed by atoms with Crippen molar-refractivity contribution in [1.29, 1.82) is 0 Å². The fourth-order valence-corrected chi connectivity index (χ4v) is 3.48. The number of para-hydroxylation sites is 2. The van der Waals surface area contributed by atoms with E-state index in [2.05, 4.69) is 15.6 Å². The molecule has 26 heavy (non-hydrogen) atoms. The first kappa shape index (κ1) is 17.9. The van der Waals surface area contributed by atoms with Gasteiger partial charge in [-0.25, -0.2) is 4.98 Å². The zero-order valence-corrected chi connectivity index (χ0v) is 15.8. The molecule has 5 nitrogen and oxygen atoms in total. The second kappa shape index (κ2) is 8.01. The van der Waals surface area contributed by atoms with Gasteiger partial charge >= 0.3 is 0 Å². The van der Waals surface area contributed by atoms with Crippen LogP contribution in [0, 0.1) is 13.8 Å². The first-order valence-corrected chi connectivity index (χ1v) is 9.10. The minimum atomic E-state index is -0.115. The Balaban J connectivity index is 1.71. The van der Waals surface area contributed by atoms with Crippen molar-refractivity contribution >= 4 is 28.1 Å². The molecule has 0 aliphatic rings. The molecule has 134 valence electrons.